The molecule has 2 rings (SSSR count). The number of carbonyl (C=O) groups is 1. The third-order valence-corrected chi connectivity index (χ3v) is 2.67. The monoisotopic (exact) mass is 281 g/mol. The van der Waals surface area contributed by atoms with Gasteiger partial charge in [-0.3, -0.25) is 0 Å². The van der Waals surface area contributed by atoms with Crippen LogP contribution in [-0.4, -0.2) is 12.1 Å². The van der Waals surface area contributed by atoms with E-state index in [-0.39, 0.29) is 11.9 Å². The van der Waals surface area contributed by atoms with Crippen LogP contribution in [0.15, 0.2) is 48.5 Å². The third kappa shape index (κ3) is 3.83. The van der Waals surface area contributed by atoms with Crippen molar-refractivity contribution in [1.29, 1.82) is 5.26 Å². The zero-order valence-electron chi connectivity index (χ0n) is 11.9. The van der Waals surface area contributed by atoms with Crippen LogP contribution < -0.4 is 9.47 Å². The Morgan fingerprint density at radius 3 is 2.38 bits per heavy atom. The molecule has 0 fully saturated rings. The van der Waals surface area contributed by atoms with Gasteiger partial charge in [-0.1, -0.05) is 12.1 Å². The number of hydrogen-bond donors (Lipinski definition) is 0. The van der Waals surface area contributed by atoms with Crippen LogP contribution in [0.25, 0.3) is 0 Å². The highest BCUT2D eigenvalue weighted by atomic mass is 16.5. The zero-order chi connectivity index (χ0) is 15.2. The molecule has 106 valence electrons. The lowest BCUT2D eigenvalue weighted by molar-refractivity contribution is 0.0734. The van der Waals surface area contributed by atoms with Crippen molar-refractivity contribution < 1.29 is 14.3 Å². The summed E-state index contributed by atoms with van der Waals surface area (Å²) in [5.41, 5.74) is 0.726. The molecule has 0 aromatic heterocycles. The van der Waals surface area contributed by atoms with E-state index < -0.39 is 5.97 Å². The fraction of sp³-hybridized carbons (Fsp3) is 0.176. The van der Waals surface area contributed by atoms with Gasteiger partial charge in [-0.05, 0) is 50.2 Å². The molecule has 4 heteroatoms. The first kappa shape index (κ1) is 14.6. The van der Waals surface area contributed by atoms with Crippen molar-refractivity contribution in [3.05, 3.63) is 59.7 Å². The highest BCUT2D eigenvalue weighted by molar-refractivity contribution is 5.91. The SMILES string of the molecule is CC(C)Oc1ccc(C(=O)Oc2ccccc2C#N)cc1. The molecule has 0 amide bonds. The van der Waals surface area contributed by atoms with Crippen molar-refractivity contribution in [1.82, 2.24) is 0 Å². The minimum Gasteiger partial charge on any atom is -0.491 e. The summed E-state index contributed by atoms with van der Waals surface area (Å²) in [6, 6.07) is 15.3. The number of benzene rings is 2. The largest absolute Gasteiger partial charge is 0.491 e. The average molecular weight is 281 g/mol. The molecular weight excluding hydrogens is 266 g/mol. The molecule has 0 aliphatic rings. The first-order chi connectivity index (χ1) is 10.1. The molecule has 21 heavy (non-hydrogen) atoms. The van der Waals surface area contributed by atoms with Gasteiger partial charge in [-0.15, -0.1) is 0 Å². The van der Waals surface area contributed by atoms with Crippen LogP contribution in [-0.2, 0) is 0 Å². The highest BCUT2D eigenvalue weighted by Gasteiger charge is 2.11. The second-order valence-electron chi connectivity index (χ2n) is 4.69. The van der Waals surface area contributed by atoms with E-state index in [0.29, 0.717) is 16.9 Å². The molecule has 0 radical (unpaired) electrons. The Labute approximate surface area is 123 Å². The van der Waals surface area contributed by atoms with Gasteiger partial charge in [-0.25, -0.2) is 4.79 Å². The molecule has 4 nitrogen and oxygen atoms in total. The molecule has 0 atom stereocenters. The van der Waals surface area contributed by atoms with Gasteiger partial charge in [0.05, 0.1) is 17.2 Å². The number of hydrogen-bond acceptors (Lipinski definition) is 4. The topological polar surface area (TPSA) is 59.3 Å². The van der Waals surface area contributed by atoms with E-state index in [0.717, 1.165) is 0 Å². The fourth-order valence-electron chi connectivity index (χ4n) is 1.75. The lowest BCUT2D eigenvalue weighted by atomic mass is 10.2. The van der Waals surface area contributed by atoms with Gasteiger partial charge in [0.2, 0.25) is 0 Å². The fourth-order valence-corrected chi connectivity index (χ4v) is 1.75. The molecule has 0 aliphatic heterocycles. The number of nitriles is 1. The molecule has 0 bridgehead atoms. The summed E-state index contributed by atoms with van der Waals surface area (Å²) < 4.78 is 10.7. The van der Waals surface area contributed by atoms with Crippen LogP contribution in [0, 0.1) is 11.3 Å². The Bertz CT molecular complexity index is 669. The van der Waals surface area contributed by atoms with Crippen LogP contribution in [0.4, 0.5) is 0 Å². The summed E-state index contributed by atoms with van der Waals surface area (Å²) in [6.07, 6.45) is 0.0744. The number of rotatable bonds is 4. The minimum atomic E-state index is -0.506. The zero-order valence-corrected chi connectivity index (χ0v) is 11.9. The Morgan fingerprint density at radius 2 is 1.76 bits per heavy atom. The van der Waals surface area contributed by atoms with E-state index in [2.05, 4.69) is 0 Å². The highest BCUT2D eigenvalue weighted by Crippen LogP contribution is 2.19. The molecule has 0 aliphatic carbocycles. The van der Waals surface area contributed by atoms with E-state index in [1.54, 1.807) is 48.5 Å². The first-order valence-electron chi connectivity index (χ1n) is 6.58. The van der Waals surface area contributed by atoms with Gasteiger partial charge >= 0.3 is 5.97 Å². The molecule has 0 heterocycles. The second kappa shape index (κ2) is 6.58. The number of carbonyl (C=O) groups excluding carboxylic acids is 1. The van der Waals surface area contributed by atoms with Crippen molar-refractivity contribution in [2.45, 2.75) is 20.0 Å². The number of para-hydroxylation sites is 1. The number of esters is 1. The van der Waals surface area contributed by atoms with Crippen molar-refractivity contribution in [2.75, 3.05) is 0 Å². The predicted octanol–water partition coefficient (Wildman–Crippen LogP) is 3.56. The van der Waals surface area contributed by atoms with E-state index in [4.69, 9.17) is 14.7 Å². The van der Waals surface area contributed by atoms with Gasteiger partial charge in [-0.2, -0.15) is 5.26 Å². The number of ether oxygens (including phenoxy) is 2. The maximum absolute atomic E-state index is 12.0. The minimum absolute atomic E-state index is 0.0744. The van der Waals surface area contributed by atoms with E-state index in [1.165, 1.54) is 0 Å². The Hall–Kier alpha value is -2.80. The molecular formula is C17H15NO3. The Morgan fingerprint density at radius 1 is 1.10 bits per heavy atom. The molecule has 0 N–H and O–H groups in total. The summed E-state index contributed by atoms with van der Waals surface area (Å²) in [5, 5.41) is 8.96. The summed E-state index contributed by atoms with van der Waals surface area (Å²) in [5.74, 6) is 0.445. The summed E-state index contributed by atoms with van der Waals surface area (Å²) in [7, 11) is 0. The molecule has 0 saturated heterocycles. The predicted molar refractivity (Wildman–Crippen MR) is 78.3 cm³/mol. The Balaban J connectivity index is 2.12. The third-order valence-electron chi connectivity index (χ3n) is 2.67. The van der Waals surface area contributed by atoms with E-state index in [1.807, 2.05) is 19.9 Å². The molecule has 0 unspecified atom stereocenters. The molecule has 0 spiro atoms. The van der Waals surface area contributed by atoms with E-state index >= 15 is 0 Å². The quantitative estimate of drug-likeness (QED) is 0.635. The first-order valence-corrected chi connectivity index (χ1v) is 6.58. The Kier molecular flexibility index (Phi) is 4.57. The number of nitrogens with zero attached hydrogens (tertiary/aromatic N) is 1. The van der Waals surface area contributed by atoms with Gasteiger partial charge in [0, 0.05) is 0 Å². The second-order valence-corrected chi connectivity index (χ2v) is 4.69. The molecule has 2 aromatic carbocycles. The van der Waals surface area contributed by atoms with Crippen LogP contribution in [0.2, 0.25) is 0 Å². The average Bonchev–Trinajstić information content (AvgIpc) is 2.48. The smallest absolute Gasteiger partial charge is 0.343 e. The normalized spacial score (nSPS) is 10.0. The van der Waals surface area contributed by atoms with Crippen LogP contribution in [0.1, 0.15) is 29.8 Å². The molecule has 2 aromatic rings. The van der Waals surface area contributed by atoms with Gasteiger partial charge in [0.25, 0.3) is 0 Å². The van der Waals surface area contributed by atoms with Crippen LogP contribution in [0.5, 0.6) is 11.5 Å². The van der Waals surface area contributed by atoms with Crippen molar-refractivity contribution in [2.24, 2.45) is 0 Å². The van der Waals surface area contributed by atoms with Crippen molar-refractivity contribution in [3.8, 4) is 17.6 Å². The standard InChI is InChI=1S/C17H15NO3/c1-12(2)20-15-9-7-13(8-10-15)17(19)21-16-6-4-3-5-14(16)11-18/h3-10,12H,1-2H3. The maximum Gasteiger partial charge on any atom is 0.343 e. The van der Waals surface area contributed by atoms with Crippen LogP contribution in [0.3, 0.4) is 0 Å². The van der Waals surface area contributed by atoms with Crippen molar-refractivity contribution in [3.63, 3.8) is 0 Å². The summed E-state index contributed by atoms with van der Waals surface area (Å²) in [6.45, 7) is 3.86. The van der Waals surface area contributed by atoms with Crippen LogP contribution >= 0.6 is 0 Å². The molecule has 0 saturated carbocycles. The lowest BCUT2D eigenvalue weighted by Gasteiger charge is -2.10. The van der Waals surface area contributed by atoms with Crippen molar-refractivity contribution >= 4 is 5.97 Å². The van der Waals surface area contributed by atoms with E-state index in [9.17, 15) is 4.79 Å². The van der Waals surface area contributed by atoms with Gasteiger partial charge in [0.15, 0.2) is 0 Å². The maximum atomic E-state index is 12.0. The summed E-state index contributed by atoms with van der Waals surface area (Å²) in [4.78, 5) is 12.0. The lowest BCUT2D eigenvalue weighted by Crippen LogP contribution is -2.10. The summed E-state index contributed by atoms with van der Waals surface area (Å²) >= 11 is 0. The van der Waals surface area contributed by atoms with Gasteiger partial charge in [0.1, 0.15) is 17.6 Å². The van der Waals surface area contributed by atoms with Gasteiger partial charge < -0.3 is 9.47 Å².